The number of nitrogens with zero attached hydrogens (tertiary/aromatic N) is 2. The Hall–Kier alpha value is -2.66. The summed E-state index contributed by atoms with van der Waals surface area (Å²) in [5.41, 5.74) is 4.93. The average molecular weight is 451 g/mol. The molecule has 0 radical (unpaired) electrons. The van der Waals surface area contributed by atoms with Gasteiger partial charge < -0.3 is 14.7 Å². The lowest BCUT2D eigenvalue weighted by atomic mass is 9.82. The van der Waals surface area contributed by atoms with Crippen LogP contribution in [0, 0.1) is 19.3 Å². The summed E-state index contributed by atoms with van der Waals surface area (Å²) in [5.74, 6) is -0.991. The third-order valence-corrected chi connectivity index (χ3v) is 6.26. The highest BCUT2D eigenvalue weighted by Gasteiger charge is 2.35. The molecule has 1 atom stereocenters. The Morgan fingerprint density at radius 2 is 1.70 bits per heavy atom. The fraction of sp³-hybridized carbons (Fsp3) is 0.500. The van der Waals surface area contributed by atoms with E-state index in [4.69, 9.17) is 9.72 Å². The number of carbonyl (C=O) groups is 1. The maximum Gasteiger partial charge on any atom is 0.337 e. The quantitative estimate of drug-likeness (QED) is 0.549. The number of rotatable bonds is 6. The van der Waals surface area contributed by atoms with Crippen molar-refractivity contribution in [3.05, 3.63) is 58.4 Å². The Labute approximate surface area is 198 Å². The van der Waals surface area contributed by atoms with E-state index in [2.05, 4.69) is 43.0 Å². The van der Waals surface area contributed by atoms with Crippen LogP contribution in [0.3, 0.4) is 0 Å². The lowest BCUT2D eigenvalue weighted by Crippen LogP contribution is -2.39. The summed E-state index contributed by atoms with van der Waals surface area (Å²) in [5, 5.41) is 10.2. The third-order valence-electron chi connectivity index (χ3n) is 6.26. The zero-order valence-corrected chi connectivity index (χ0v) is 21.1. The van der Waals surface area contributed by atoms with E-state index in [0.29, 0.717) is 11.3 Å². The van der Waals surface area contributed by atoms with Crippen LogP contribution in [-0.2, 0) is 9.53 Å². The van der Waals surface area contributed by atoms with Crippen LogP contribution in [-0.4, -0.2) is 34.8 Å². The van der Waals surface area contributed by atoms with E-state index >= 15 is 0 Å². The van der Waals surface area contributed by atoms with E-state index < -0.39 is 17.7 Å². The number of carboxylic acid groups (broad SMARTS) is 1. The monoisotopic (exact) mass is 450 g/mol. The highest BCUT2D eigenvalue weighted by atomic mass is 16.5. The zero-order chi connectivity index (χ0) is 24.4. The molecule has 0 amide bonds. The summed E-state index contributed by atoms with van der Waals surface area (Å²) in [6.45, 7) is 15.9. The lowest BCUT2D eigenvalue weighted by molar-refractivity contribution is -0.160. The fourth-order valence-corrected chi connectivity index (χ4v) is 4.38. The number of carboxylic acids is 1. The van der Waals surface area contributed by atoms with Crippen LogP contribution >= 0.6 is 0 Å². The Balaban J connectivity index is 2.20. The Bertz CT molecular complexity index is 1010. The van der Waals surface area contributed by atoms with Gasteiger partial charge in [-0.15, -0.1) is 0 Å². The Kier molecular flexibility index (Phi) is 7.32. The first-order valence-electron chi connectivity index (χ1n) is 11.8. The summed E-state index contributed by atoms with van der Waals surface area (Å²) >= 11 is 0. The van der Waals surface area contributed by atoms with Gasteiger partial charge in [-0.05, 0) is 58.4 Å². The smallest absolute Gasteiger partial charge is 0.337 e. The molecule has 0 aliphatic carbocycles. The number of hydrogen-bond donors (Lipinski definition) is 1. The number of piperidine rings is 1. The molecule has 1 aliphatic rings. The Morgan fingerprint density at radius 3 is 2.24 bits per heavy atom. The molecule has 1 aliphatic heterocycles. The molecule has 5 nitrogen and oxygen atoms in total. The van der Waals surface area contributed by atoms with Crippen LogP contribution in [0.25, 0.3) is 12.2 Å². The number of ether oxygens (including phenoxy) is 1. The molecular formula is C28H38N2O3. The molecule has 0 bridgehead atoms. The number of aromatic nitrogens is 1. The molecule has 5 heteroatoms. The Morgan fingerprint density at radius 1 is 1.09 bits per heavy atom. The minimum atomic E-state index is -1.09. The molecule has 1 aromatic heterocycles. The van der Waals surface area contributed by atoms with Crippen molar-refractivity contribution in [2.24, 2.45) is 5.41 Å². The van der Waals surface area contributed by atoms with Crippen LogP contribution in [0.15, 0.2) is 30.3 Å². The summed E-state index contributed by atoms with van der Waals surface area (Å²) in [6.07, 6.45) is 5.15. The molecule has 2 heterocycles. The maximum absolute atomic E-state index is 12.5. The van der Waals surface area contributed by atoms with Crippen LogP contribution in [0.5, 0.6) is 0 Å². The molecule has 1 aromatic carbocycles. The SMILES string of the molecule is Cc1nc(C)c([C@H](OC(C)(C)C)C(=O)O)c(N2CCC(C)(C)CC2)c1C=Cc1ccccc1. The van der Waals surface area contributed by atoms with E-state index in [-0.39, 0.29) is 5.41 Å². The highest BCUT2D eigenvalue weighted by Crippen LogP contribution is 2.41. The van der Waals surface area contributed by atoms with Crippen molar-refractivity contribution in [1.82, 2.24) is 4.98 Å². The minimum Gasteiger partial charge on any atom is -0.479 e. The number of anilines is 1. The largest absolute Gasteiger partial charge is 0.479 e. The molecule has 0 saturated carbocycles. The van der Waals surface area contributed by atoms with E-state index in [0.717, 1.165) is 48.4 Å². The van der Waals surface area contributed by atoms with Gasteiger partial charge in [-0.1, -0.05) is 56.3 Å². The highest BCUT2D eigenvalue weighted by molar-refractivity contribution is 5.85. The maximum atomic E-state index is 12.5. The molecule has 1 saturated heterocycles. The molecule has 1 fully saturated rings. The second-order valence-electron chi connectivity index (χ2n) is 10.8. The van der Waals surface area contributed by atoms with Gasteiger partial charge >= 0.3 is 5.97 Å². The third kappa shape index (κ3) is 6.23. The molecule has 3 rings (SSSR count). The van der Waals surface area contributed by atoms with E-state index in [1.54, 1.807) is 0 Å². The van der Waals surface area contributed by atoms with Crippen molar-refractivity contribution < 1.29 is 14.6 Å². The first kappa shape index (κ1) is 25.0. The van der Waals surface area contributed by atoms with Gasteiger partial charge in [0.05, 0.1) is 11.3 Å². The molecular weight excluding hydrogens is 412 g/mol. The normalized spacial score (nSPS) is 17.4. The standard InChI is InChI=1S/C28H38N2O3/c1-19-22(14-13-21-11-9-8-10-12-21)24(30-17-15-28(6,7)16-18-30)23(20(2)29-19)25(26(31)32)33-27(3,4)5/h8-14,25H,15-18H2,1-7H3,(H,31,32)/t25-/m0/s1. The zero-order valence-electron chi connectivity index (χ0n) is 21.1. The molecule has 33 heavy (non-hydrogen) atoms. The van der Waals surface area contributed by atoms with Crippen LogP contribution in [0.4, 0.5) is 5.69 Å². The van der Waals surface area contributed by atoms with E-state index in [9.17, 15) is 9.90 Å². The molecule has 178 valence electrons. The summed E-state index contributed by atoms with van der Waals surface area (Å²) in [4.78, 5) is 19.6. The number of aryl methyl sites for hydroxylation is 2. The van der Waals surface area contributed by atoms with E-state index in [1.807, 2.05) is 52.8 Å². The molecule has 0 unspecified atom stereocenters. The number of pyridine rings is 1. The average Bonchev–Trinajstić information content (AvgIpc) is 2.71. The van der Waals surface area contributed by atoms with Gasteiger partial charge in [-0.25, -0.2) is 4.79 Å². The fourth-order valence-electron chi connectivity index (χ4n) is 4.38. The predicted molar refractivity (Wildman–Crippen MR) is 136 cm³/mol. The van der Waals surface area contributed by atoms with Crippen molar-refractivity contribution >= 4 is 23.8 Å². The van der Waals surface area contributed by atoms with Crippen molar-refractivity contribution in [3.8, 4) is 0 Å². The molecule has 0 spiro atoms. The first-order valence-corrected chi connectivity index (χ1v) is 11.8. The first-order chi connectivity index (χ1) is 15.4. The summed E-state index contributed by atoms with van der Waals surface area (Å²) < 4.78 is 6.11. The van der Waals surface area contributed by atoms with Crippen molar-refractivity contribution in [2.45, 2.75) is 73.0 Å². The molecule has 2 aromatic rings. The topological polar surface area (TPSA) is 62.7 Å². The van der Waals surface area contributed by atoms with Gasteiger partial charge in [0.1, 0.15) is 0 Å². The van der Waals surface area contributed by atoms with Gasteiger partial charge in [0, 0.05) is 35.6 Å². The lowest BCUT2D eigenvalue weighted by Gasteiger charge is -2.41. The van der Waals surface area contributed by atoms with Crippen LogP contribution in [0.1, 0.15) is 81.6 Å². The van der Waals surface area contributed by atoms with Crippen LogP contribution in [0.2, 0.25) is 0 Å². The van der Waals surface area contributed by atoms with Gasteiger partial charge in [-0.2, -0.15) is 0 Å². The number of benzene rings is 1. The number of aliphatic carboxylic acids is 1. The summed E-state index contributed by atoms with van der Waals surface area (Å²) in [7, 11) is 0. The summed E-state index contributed by atoms with van der Waals surface area (Å²) in [6, 6.07) is 10.1. The number of hydrogen-bond acceptors (Lipinski definition) is 4. The predicted octanol–water partition coefficient (Wildman–Crippen LogP) is 6.44. The van der Waals surface area contributed by atoms with Gasteiger partial charge in [0.25, 0.3) is 0 Å². The minimum absolute atomic E-state index is 0.280. The van der Waals surface area contributed by atoms with Gasteiger partial charge in [-0.3, -0.25) is 4.98 Å². The van der Waals surface area contributed by atoms with Gasteiger partial charge in [0.15, 0.2) is 6.10 Å². The second-order valence-corrected chi connectivity index (χ2v) is 10.8. The van der Waals surface area contributed by atoms with Crippen molar-refractivity contribution in [3.63, 3.8) is 0 Å². The second kappa shape index (κ2) is 9.68. The van der Waals surface area contributed by atoms with Crippen LogP contribution < -0.4 is 4.90 Å². The van der Waals surface area contributed by atoms with Crippen molar-refractivity contribution in [1.29, 1.82) is 0 Å². The van der Waals surface area contributed by atoms with Crippen molar-refractivity contribution in [2.75, 3.05) is 18.0 Å². The van der Waals surface area contributed by atoms with E-state index in [1.165, 1.54) is 0 Å². The molecule has 1 N–H and O–H groups in total. The van der Waals surface area contributed by atoms with Gasteiger partial charge in [0.2, 0.25) is 0 Å².